The van der Waals surface area contributed by atoms with Gasteiger partial charge in [-0.25, -0.2) is 0 Å². The number of allylic oxidation sites excluding steroid dienone is 4. The molecule has 0 saturated carbocycles. The van der Waals surface area contributed by atoms with Crippen LogP contribution in [0.15, 0.2) is 158 Å². The molecule has 248 valence electrons. The molecule has 0 aromatic heterocycles. The van der Waals surface area contributed by atoms with Gasteiger partial charge in [-0.2, -0.15) is 10.5 Å². The number of nitrogens with zero attached hydrogens (tertiary/aromatic N) is 2. The van der Waals surface area contributed by atoms with Crippen LogP contribution >= 0.6 is 0 Å². The summed E-state index contributed by atoms with van der Waals surface area (Å²) in [6.07, 6.45) is 4.49. The summed E-state index contributed by atoms with van der Waals surface area (Å²) in [4.78, 5) is 0. The summed E-state index contributed by atoms with van der Waals surface area (Å²) in [7, 11) is 3.30. The van der Waals surface area contributed by atoms with Gasteiger partial charge in [-0.05, 0) is 104 Å². The monoisotopic (exact) mass is 670 g/mol. The second kappa shape index (κ2) is 12.0. The maximum Gasteiger partial charge on any atom is 0.118 e. The normalized spacial score (nSPS) is 22.0. The molecule has 6 aromatic rings. The minimum atomic E-state index is -0.745. The molecule has 0 amide bonds. The lowest BCUT2D eigenvalue weighted by atomic mass is 9.42. The minimum Gasteiger partial charge on any atom is -0.497 e. The second-order valence-corrected chi connectivity index (χ2v) is 13.7. The number of nitriles is 2. The summed E-state index contributed by atoms with van der Waals surface area (Å²) in [5.74, 6) is 1.12. The number of rotatable bonds is 6. The highest BCUT2D eigenvalue weighted by Crippen LogP contribution is 2.69. The Kier molecular flexibility index (Phi) is 7.25. The topological polar surface area (TPSA) is 66.0 Å². The number of hydrogen-bond acceptors (Lipinski definition) is 4. The van der Waals surface area contributed by atoms with Crippen molar-refractivity contribution in [3.05, 3.63) is 213 Å². The largest absolute Gasteiger partial charge is 0.497 e. The Labute approximate surface area is 304 Å². The third-order valence-corrected chi connectivity index (χ3v) is 11.6. The SMILES string of the molecule is COc1ccc(/C(C#N)=C/C23c4ccccc4C(c4ccccc42)C2(/C=C(\C#N)c4ccc(OC)cc4)c4ccccc4C3c3ccccc32)cc1. The molecule has 0 heterocycles. The van der Waals surface area contributed by atoms with Crippen LogP contribution < -0.4 is 9.47 Å². The maximum atomic E-state index is 11.0. The average Bonchev–Trinajstić information content (AvgIpc) is 3.21. The van der Waals surface area contributed by atoms with Gasteiger partial charge in [0.2, 0.25) is 0 Å². The average molecular weight is 671 g/mol. The highest BCUT2D eigenvalue weighted by atomic mass is 16.5. The van der Waals surface area contributed by atoms with Crippen LogP contribution in [0.1, 0.15) is 67.5 Å². The highest BCUT2D eigenvalue weighted by molar-refractivity contribution is 5.86. The summed E-state index contributed by atoms with van der Waals surface area (Å²) in [6.45, 7) is 0. The molecular weight excluding hydrogens is 637 g/mol. The number of methoxy groups -OCH3 is 2. The van der Waals surface area contributed by atoms with E-state index in [1.54, 1.807) is 14.2 Å². The fraction of sp³-hybridized carbons (Fsp3) is 0.125. The van der Waals surface area contributed by atoms with Crippen LogP contribution in [0, 0.1) is 22.7 Å². The van der Waals surface area contributed by atoms with E-state index in [4.69, 9.17) is 9.47 Å². The molecular formula is C48H34N2O2. The zero-order chi connectivity index (χ0) is 35.5. The van der Waals surface area contributed by atoms with E-state index in [1.807, 2.05) is 48.5 Å². The van der Waals surface area contributed by atoms with E-state index < -0.39 is 10.8 Å². The van der Waals surface area contributed by atoms with Gasteiger partial charge in [-0.15, -0.1) is 0 Å². The Morgan fingerprint density at radius 2 is 0.750 bits per heavy atom. The van der Waals surface area contributed by atoms with Gasteiger partial charge in [-0.3, -0.25) is 0 Å². The van der Waals surface area contributed by atoms with Crippen molar-refractivity contribution in [1.82, 2.24) is 0 Å². The molecule has 0 aliphatic heterocycles. The lowest BCUT2D eigenvalue weighted by molar-refractivity contribution is 0.412. The number of ether oxygens (including phenoxy) is 2. The molecule has 0 unspecified atom stereocenters. The van der Waals surface area contributed by atoms with E-state index in [9.17, 15) is 10.5 Å². The van der Waals surface area contributed by atoms with Crippen LogP contribution in [-0.4, -0.2) is 14.2 Å². The van der Waals surface area contributed by atoms with Gasteiger partial charge >= 0.3 is 0 Å². The van der Waals surface area contributed by atoms with E-state index >= 15 is 0 Å². The summed E-state index contributed by atoms with van der Waals surface area (Å²) in [6, 6.07) is 55.9. The Morgan fingerprint density at radius 1 is 0.462 bits per heavy atom. The fourth-order valence-corrected chi connectivity index (χ4v) is 9.56. The number of hydrogen-bond donors (Lipinski definition) is 0. The molecule has 6 aromatic carbocycles. The van der Waals surface area contributed by atoms with Crippen molar-refractivity contribution >= 4 is 11.1 Å². The quantitative estimate of drug-likeness (QED) is 0.166. The van der Waals surface area contributed by atoms with Crippen molar-refractivity contribution in [2.45, 2.75) is 22.7 Å². The van der Waals surface area contributed by atoms with Gasteiger partial charge in [0, 0.05) is 11.8 Å². The van der Waals surface area contributed by atoms with Crippen molar-refractivity contribution < 1.29 is 9.47 Å². The lowest BCUT2D eigenvalue weighted by Gasteiger charge is -2.59. The predicted octanol–water partition coefficient (Wildman–Crippen LogP) is 10.1. The van der Waals surface area contributed by atoms with Crippen LogP contribution in [0.25, 0.3) is 11.1 Å². The van der Waals surface area contributed by atoms with Crippen molar-refractivity contribution in [1.29, 1.82) is 10.5 Å². The molecule has 4 heteroatoms. The smallest absolute Gasteiger partial charge is 0.118 e. The van der Waals surface area contributed by atoms with Crippen molar-refractivity contribution in [2.24, 2.45) is 0 Å². The van der Waals surface area contributed by atoms with Crippen LogP contribution in [0.4, 0.5) is 0 Å². The van der Waals surface area contributed by atoms with Gasteiger partial charge in [-0.1, -0.05) is 109 Å². The summed E-state index contributed by atoms with van der Waals surface area (Å²) in [5, 5.41) is 21.9. The summed E-state index contributed by atoms with van der Waals surface area (Å²) >= 11 is 0. The van der Waals surface area contributed by atoms with Crippen molar-refractivity contribution in [2.75, 3.05) is 14.2 Å². The first-order chi connectivity index (χ1) is 25.6. The molecule has 12 rings (SSSR count). The Morgan fingerprint density at radius 3 is 1.02 bits per heavy atom. The Hall–Kier alpha value is -6.62. The zero-order valence-electron chi connectivity index (χ0n) is 28.9. The third-order valence-electron chi connectivity index (χ3n) is 11.6. The van der Waals surface area contributed by atoms with Crippen LogP contribution in [0.5, 0.6) is 11.5 Å². The van der Waals surface area contributed by atoms with Gasteiger partial charge < -0.3 is 9.47 Å². The van der Waals surface area contributed by atoms with E-state index in [0.717, 1.165) is 22.6 Å². The molecule has 0 saturated heterocycles. The Bertz CT molecular complexity index is 2250. The molecule has 0 N–H and O–H groups in total. The first-order valence-corrected chi connectivity index (χ1v) is 17.5. The first kappa shape index (κ1) is 31.4. The van der Waals surface area contributed by atoms with Crippen LogP contribution in [0.2, 0.25) is 0 Å². The fourth-order valence-electron chi connectivity index (χ4n) is 9.56. The molecule has 0 atom stereocenters. The molecule has 0 radical (unpaired) electrons. The van der Waals surface area contributed by atoms with E-state index in [2.05, 4.69) is 121 Å². The molecule has 52 heavy (non-hydrogen) atoms. The minimum absolute atomic E-state index is 0.182. The van der Waals surface area contributed by atoms with Gasteiger partial charge in [0.05, 0.1) is 48.3 Å². The zero-order valence-corrected chi connectivity index (χ0v) is 28.9. The Balaban J connectivity index is 1.46. The third kappa shape index (κ3) is 4.25. The highest BCUT2D eigenvalue weighted by Gasteiger charge is 2.61. The molecule has 0 fully saturated rings. The second-order valence-electron chi connectivity index (χ2n) is 13.7. The van der Waals surface area contributed by atoms with Crippen molar-refractivity contribution in [3.8, 4) is 23.6 Å². The van der Waals surface area contributed by atoms with E-state index in [0.29, 0.717) is 11.1 Å². The molecule has 4 bridgehead atoms. The van der Waals surface area contributed by atoms with E-state index in [-0.39, 0.29) is 11.8 Å². The lowest BCUT2D eigenvalue weighted by Crippen LogP contribution is -2.52. The molecule has 0 spiro atoms. The molecule has 6 aliphatic carbocycles. The van der Waals surface area contributed by atoms with Gasteiger partial charge in [0.25, 0.3) is 0 Å². The van der Waals surface area contributed by atoms with Gasteiger partial charge in [0.15, 0.2) is 0 Å². The van der Waals surface area contributed by atoms with Gasteiger partial charge in [0.1, 0.15) is 11.5 Å². The summed E-state index contributed by atoms with van der Waals surface area (Å²) < 4.78 is 10.9. The van der Waals surface area contributed by atoms with E-state index in [1.165, 1.54) is 44.5 Å². The first-order valence-electron chi connectivity index (χ1n) is 17.5. The van der Waals surface area contributed by atoms with Crippen LogP contribution in [0.3, 0.4) is 0 Å². The maximum absolute atomic E-state index is 11.0. The molecule has 6 aliphatic rings. The standard InChI is InChI=1S/C48H34N2O2/c1-51-35-23-19-31(20-24-35)33(29-49)27-47-41-15-7-3-11-37(41)46(38-12-4-8-16-42(38)47)48(28-34(30-50)32-21-25-36(52-2)26-22-32)43-17-9-5-13-39(43)45(47)40-14-6-10-18-44(40)48/h3-28,45-46H,1-2H3/b33-27+,34-28+. The van der Waals surface area contributed by atoms with Crippen molar-refractivity contribution in [3.63, 3.8) is 0 Å². The van der Waals surface area contributed by atoms with Crippen LogP contribution in [-0.2, 0) is 10.8 Å². The summed E-state index contributed by atoms with van der Waals surface area (Å²) in [5.41, 5.74) is 10.9. The molecule has 4 nitrogen and oxygen atoms in total. The predicted molar refractivity (Wildman–Crippen MR) is 204 cm³/mol. The number of benzene rings is 6.